The molecule has 2 heterocycles. The number of hydrogen-bond acceptors (Lipinski definition) is 2. The molecule has 0 amide bonds. The van der Waals surface area contributed by atoms with Crippen molar-refractivity contribution in [2.75, 3.05) is 0 Å². The average molecular weight is 260 g/mol. The van der Waals surface area contributed by atoms with Gasteiger partial charge in [0.15, 0.2) is 5.65 Å². The highest BCUT2D eigenvalue weighted by Gasteiger charge is 2.37. The number of rotatable bonds is 1. The number of aromatic nitrogens is 3. The number of alkyl halides is 3. The molecule has 0 atom stereocenters. The largest absolute Gasteiger partial charge is 0.449 e. The topological polar surface area (TPSA) is 30.7 Å². The zero-order valence-corrected chi connectivity index (χ0v) is 9.05. The number of imidazole rings is 1. The molecule has 7 heteroatoms. The lowest BCUT2D eigenvalue weighted by Crippen LogP contribution is -2.14. The predicted octanol–water partition coefficient (Wildman–Crippen LogP) is 2.74. The number of fused-ring (bicyclic) bond motifs is 1. The number of pyridine rings is 1. The summed E-state index contributed by atoms with van der Waals surface area (Å²) in [5.41, 5.74) is 0.139. The number of halogens is 4. The van der Waals surface area contributed by atoms with Crippen molar-refractivity contribution in [2.24, 2.45) is 0 Å². The molecule has 3 nitrogen and oxygen atoms in total. The lowest BCUT2D eigenvalue weighted by molar-refractivity contribution is -0.146. The Kier molecular flexibility index (Phi) is 2.71. The van der Waals surface area contributed by atoms with Gasteiger partial charge in [-0.05, 0) is 12.1 Å². The molecule has 0 spiro atoms. The third-order valence-corrected chi connectivity index (χ3v) is 2.27. The van der Waals surface area contributed by atoms with Gasteiger partial charge in [0.05, 0.1) is 6.54 Å². The van der Waals surface area contributed by atoms with Crippen LogP contribution in [-0.2, 0) is 12.7 Å². The van der Waals surface area contributed by atoms with Crippen molar-refractivity contribution < 1.29 is 13.2 Å². The Morgan fingerprint density at radius 1 is 1.35 bits per heavy atom. The molecule has 0 aliphatic heterocycles. The van der Waals surface area contributed by atoms with Gasteiger partial charge in [-0.3, -0.25) is 4.57 Å². The molecular formula is C10H5ClF3N3. The summed E-state index contributed by atoms with van der Waals surface area (Å²) in [6, 6.07) is 2.74. The summed E-state index contributed by atoms with van der Waals surface area (Å²) in [5, 5.41) is 0.0874. The standard InChI is InChI=1S/C10H5ClF3N3/c1-2-5-17-8-6(3-4-7(11)16-8)15-9(17)10(12,13)14/h1,3-4H,5H2. The summed E-state index contributed by atoms with van der Waals surface area (Å²) in [7, 11) is 0. The van der Waals surface area contributed by atoms with Crippen LogP contribution in [0.5, 0.6) is 0 Å². The van der Waals surface area contributed by atoms with Crippen LogP contribution < -0.4 is 0 Å². The highest BCUT2D eigenvalue weighted by atomic mass is 35.5. The highest BCUT2D eigenvalue weighted by Crippen LogP contribution is 2.31. The van der Waals surface area contributed by atoms with Gasteiger partial charge in [-0.15, -0.1) is 6.42 Å². The molecule has 17 heavy (non-hydrogen) atoms. The fourth-order valence-electron chi connectivity index (χ4n) is 1.44. The minimum atomic E-state index is -4.58. The van der Waals surface area contributed by atoms with Crippen LogP contribution in [0.4, 0.5) is 13.2 Å². The first-order valence-corrected chi connectivity index (χ1v) is 4.84. The number of nitrogens with zero attached hydrogens (tertiary/aromatic N) is 3. The van der Waals surface area contributed by atoms with E-state index in [2.05, 4.69) is 15.9 Å². The van der Waals surface area contributed by atoms with Crippen molar-refractivity contribution in [2.45, 2.75) is 12.7 Å². The Morgan fingerprint density at radius 3 is 2.65 bits per heavy atom. The minimum absolute atomic E-state index is 0.0303. The van der Waals surface area contributed by atoms with Crippen molar-refractivity contribution in [1.29, 1.82) is 0 Å². The zero-order valence-electron chi connectivity index (χ0n) is 8.29. The van der Waals surface area contributed by atoms with Crippen molar-refractivity contribution in [1.82, 2.24) is 14.5 Å². The molecule has 0 saturated carbocycles. The van der Waals surface area contributed by atoms with Gasteiger partial charge in [0.2, 0.25) is 5.82 Å². The van der Waals surface area contributed by atoms with Crippen LogP contribution in [0.15, 0.2) is 12.1 Å². The van der Waals surface area contributed by atoms with E-state index in [-0.39, 0.29) is 22.9 Å². The maximum absolute atomic E-state index is 12.7. The Labute approximate surface area is 99.2 Å². The van der Waals surface area contributed by atoms with Gasteiger partial charge in [-0.25, -0.2) is 9.97 Å². The fraction of sp³-hybridized carbons (Fsp3) is 0.200. The number of terminal acetylenes is 1. The van der Waals surface area contributed by atoms with E-state index in [4.69, 9.17) is 18.0 Å². The molecule has 2 aromatic rings. The first kappa shape index (κ1) is 11.7. The summed E-state index contributed by atoms with van der Waals surface area (Å²) >= 11 is 5.63. The van der Waals surface area contributed by atoms with Crippen LogP contribution in [0.1, 0.15) is 5.82 Å². The molecule has 0 fully saturated rings. The Hall–Kier alpha value is -1.74. The van der Waals surface area contributed by atoms with Crippen molar-refractivity contribution in [3.8, 4) is 12.3 Å². The summed E-state index contributed by atoms with van der Waals surface area (Å²) in [6.07, 6.45) is 0.455. The minimum Gasteiger partial charge on any atom is -0.293 e. The number of hydrogen-bond donors (Lipinski definition) is 0. The molecule has 2 rings (SSSR count). The molecule has 2 aromatic heterocycles. The van der Waals surface area contributed by atoms with Crippen LogP contribution in [0.2, 0.25) is 5.15 Å². The molecule has 0 N–H and O–H groups in total. The SMILES string of the molecule is C#CCn1c(C(F)(F)F)nc2ccc(Cl)nc21. The molecule has 0 aromatic carbocycles. The quantitative estimate of drug-likeness (QED) is 0.582. The predicted molar refractivity (Wildman–Crippen MR) is 56.4 cm³/mol. The van der Waals surface area contributed by atoms with E-state index in [1.807, 2.05) is 0 Å². The van der Waals surface area contributed by atoms with Crippen LogP contribution >= 0.6 is 11.6 Å². The third-order valence-electron chi connectivity index (χ3n) is 2.06. The highest BCUT2D eigenvalue weighted by molar-refractivity contribution is 6.29. The molecule has 0 unspecified atom stereocenters. The average Bonchev–Trinajstić information content (AvgIpc) is 2.57. The zero-order chi connectivity index (χ0) is 12.6. The van der Waals surface area contributed by atoms with Crippen molar-refractivity contribution >= 4 is 22.8 Å². The molecule has 0 aliphatic rings. The smallest absolute Gasteiger partial charge is 0.293 e. The van der Waals surface area contributed by atoms with Crippen LogP contribution in [-0.4, -0.2) is 14.5 Å². The van der Waals surface area contributed by atoms with Gasteiger partial charge in [0.1, 0.15) is 10.7 Å². The van der Waals surface area contributed by atoms with Gasteiger partial charge in [0.25, 0.3) is 0 Å². The molecule has 0 radical (unpaired) electrons. The normalized spacial score (nSPS) is 11.7. The van der Waals surface area contributed by atoms with E-state index >= 15 is 0 Å². The van der Waals surface area contributed by atoms with E-state index in [1.54, 1.807) is 0 Å². The molecule has 0 bridgehead atoms. The summed E-state index contributed by atoms with van der Waals surface area (Å²) in [6.45, 7) is -0.265. The van der Waals surface area contributed by atoms with Crippen molar-refractivity contribution in [3.05, 3.63) is 23.1 Å². The maximum Gasteiger partial charge on any atom is 0.449 e. The lowest BCUT2D eigenvalue weighted by Gasteiger charge is -2.07. The van der Waals surface area contributed by atoms with E-state index < -0.39 is 12.0 Å². The molecule has 0 aliphatic carbocycles. The Bertz CT molecular complexity index is 610. The van der Waals surface area contributed by atoms with Gasteiger partial charge < -0.3 is 0 Å². The second-order valence-electron chi connectivity index (χ2n) is 3.20. The van der Waals surface area contributed by atoms with E-state index in [1.165, 1.54) is 12.1 Å². The lowest BCUT2D eigenvalue weighted by atomic mass is 10.4. The van der Waals surface area contributed by atoms with Gasteiger partial charge >= 0.3 is 6.18 Å². The fourth-order valence-corrected chi connectivity index (χ4v) is 1.58. The van der Waals surface area contributed by atoms with Gasteiger partial charge in [-0.2, -0.15) is 13.2 Å². The Morgan fingerprint density at radius 2 is 2.06 bits per heavy atom. The summed E-state index contributed by atoms with van der Waals surface area (Å²) < 4.78 is 38.9. The molecule has 88 valence electrons. The van der Waals surface area contributed by atoms with Crippen LogP contribution in [0.25, 0.3) is 11.2 Å². The van der Waals surface area contributed by atoms with Crippen LogP contribution in [0, 0.1) is 12.3 Å². The molecule has 0 saturated heterocycles. The Balaban J connectivity index is 2.77. The third kappa shape index (κ3) is 2.06. The van der Waals surface area contributed by atoms with E-state index in [9.17, 15) is 13.2 Å². The first-order chi connectivity index (χ1) is 7.93. The van der Waals surface area contributed by atoms with Crippen LogP contribution in [0.3, 0.4) is 0 Å². The van der Waals surface area contributed by atoms with Gasteiger partial charge in [0, 0.05) is 0 Å². The van der Waals surface area contributed by atoms with Crippen molar-refractivity contribution in [3.63, 3.8) is 0 Å². The maximum atomic E-state index is 12.7. The van der Waals surface area contributed by atoms with E-state index in [0.717, 1.165) is 4.57 Å². The first-order valence-electron chi connectivity index (χ1n) is 4.47. The summed E-state index contributed by atoms with van der Waals surface area (Å²) in [5.74, 6) is 1.06. The summed E-state index contributed by atoms with van der Waals surface area (Å²) in [4.78, 5) is 7.26. The monoisotopic (exact) mass is 259 g/mol. The van der Waals surface area contributed by atoms with Gasteiger partial charge in [-0.1, -0.05) is 17.5 Å². The second-order valence-corrected chi connectivity index (χ2v) is 3.59. The second kappa shape index (κ2) is 3.93. The molecular weight excluding hydrogens is 255 g/mol. The van der Waals surface area contributed by atoms with E-state index in [0.29, 0.717) is 0 Å².